The van der Waals surface area contributed by atoms with E-state index in [0.29, 0.717) is 11.3 Å². The van der Waals surface area contributed by atoms with Crippen molar-refractivity contribution in [1.82, 2.24) is 4.90 Å². The molecule has 2 heteroatoms. The lowest BCUT2D eigenvalue weighted by Gasteiger charge is -2.42. The van der Waals surface area contributed by atoms with Crippen molar-refractivity contribution in [3.8, 4) is 0 Å². The maximum absolute atomic E-state index is 10.1. The predicted octanol–water partition coefficient (Wildman–Crippen LogP) is 2.91. The minimum absolute atomic E-state index is 0.0451. The maximum Gasteiger partial charge on any atom is 0.0580 e. The Hall–Kier alpha value is -0.0800. The monoisotopic (exact) mass is 239 g/mol. The van der Waals surface area contributed by atoms with Gasteiger partial charge in [-0.3, -0.25) is 0 Å². The topological polar surface area (TPSA) is 23.5 Å². The molecule has 2 nitrogen and oxygen atoms in total. The quantitative estimate of drug-likeness (QED) is 0.801. The van der Waals surface area contributed by atoms with Crippen LogP contribution in [-0.2, 0) is 0 Å². The summed E-state index contributed by atoms with van der Waals surface area (Å²) in [4.78, 5) is 2.59. The first-order valence-electron chi connectivity index (χ1n) is 7.37. The minimum atomic E-state index is -0.0451. The third-order valence-electron chi connectivity index (χ3n) is 4.68. The van der Waals surface area contributed by atoms with Gasteiger partial charge in [-0.15, -0.1) is 0 Å². The minimum Gasteiger partial charge on any atom is -0.393 e. The highest BCUT2D eigenvalue weighted by Crippen LogP contribution is 2.33. The van der Waals surface area contributed by atoms with E-state index in [9.17, 15) is 5.11 Å². The molecular weight excluding hydrogens is 210 g/mol. The average Bonchev–Trinajstić information content (AvgIpc) is 2.22. The van der Waals surface area contributed by atoms with Crippen LogP contribution in [-0.4, -0.2) is 35.7 Å². The molecule has 1 heterocycles. The summed E-state index contributed by atoms with van der Waals surface area (Å²) < 4.78 is 0. The van der Waals surface area contributed by atoms with Gasteiger partial charge < -0.3 is 10.0 Å². The Morgan fingerprint density at radius 2 is 2.06 bits per heavy atom. The summed E-state index contributed by atoms with van der Waals surface area (Å²) >= 11 is 0. The van der Waals surface area contributed by atoms with Crippen molar-refractivity contribution in [3.05, 3.63) is 0 Å². The summed E-state index contributed by atoms with van der Waals surface area (Å²) in [5, 5.41) is 10.1. The van der Waals surface area contributed by atoms with Crippen molar-refractivity contribution < 1.29 is 5.11 Å². The number of rotatable bonds is 2. The van der Waals surface area contributed by atoms with E-state index in [1.54, 1.807) is 0 Å². The molecular formula is C15H29NO. The standard InChI is InChI=1S/C15H29NO/c1-12-5-6-14(17)13(9-12)10-16-8-4-7-15(2,3)11-16/h12-14,17H,4-11H2,1-3H3. The number of aliphatic hydroxyl groups excluding tert-OH is 1. The molecule has 1 aliphatic heterocycles. The fourth-order valence-electron chi connectivity index (χ4n) is 3.71. The molecule has 1 N–H and O–H groups in total. The number of piperidine rings is 1. The first kappa shape index (κ1) is 13.4. The first-order valence-corrected chi connectivity index (χ1v) is 7.37. The van der Waals surface area contributed by atoms with Crippen LogP contribution in [0.25, 0.3) is 0 Å². The lowest BCUT2D eigenvalue weighted by molar-refractivity contribution is 0.0135. The molecule has 0 aromatic heterocycles. The van der Waals surface area contributed by atoms with Crippen molar-refractivity contribution in [2.45, 2.75) is 59.0 Å². The summed E-state index contributed by atoms with van der Waals surface area (Å²) in [6, 6.07) is 0. The smallest absolute Gasteiger partial charge is 0.0580 e. The van der Waals surface area contributed by atoms with Crippen molar-refractivity contribution in [2.75, 3.05) is 19.6 Å². The van der Waals surface area contributed by atoms with Crippen LogP contribution in [0.2, 0.25) is 0 Å². The third kappa shape index (κ3) is 3.69. The molecule has 3 atom stereocenters. The van der Waals surface area contributed by atoms with Gasteiger partial charge in [0.05, 0.1) is 6.10 Å². The molecule has 0 bridgehead atoms. The Balaban J connectivity index is 1.87. The van der Waals surface area contributed by atoms with E-state index in [0.717, 1.165) is 18.9 Å². The Labute approximate surface area is 106 Å². The van der Waals surface area contributed by atoms with Crippen LogP contribution >= 0.6 is 0 Å². The molecule has 1 saturated carbocycles. The van der Waals surface area contributed by atoms with Crippen molar-refractivity contribution in [2.24, 2.45) is 17.3 Å². The number of hydrogen-bond donors (Lipinski definition) is 1. The van der Waals surface area contributed by atoms with E-state index < -0.39 is 0 Å². The molecule has 1 aliphatic carbocycles. The molecule has 0 aromatic rings. The van der Waals surface area contributed by atoms with Gasteiger partial charge in [0.15, 0.2) is 0 Å². The summed E-state index contributed by atoms with van der Waals surface area (Å²) in [6.45, 7) is 10.7. The lowest BCUT2D eigenvalue weighted by Crippen LogP contribution is -2.45. The number of hydrogen-bond acceptors (Lipinski definition) is 2. The zero-order valence-electron chi connectivity index (χ0n) is 11.8. The Bertz CT molecular complexity index is 251. The van der Waals surface area contributed by atoms with E-state index >= 15 is 0 Å². The largest absolute Gasteiger partial charge is 0.393 e. The number of aliphatic hydroxyl groups is 1. The molecule has 2 aliphatic rings. The van der Waals surface area contributed by atoms with Crippen LogP contribution in [0.3, 0.4) is 0 Å². The summed E-state index contributed by atoms with van der Waals surface area (Å²) in [6.07, 6.45) is 6.08. The van der Waals surface area contributed by atoms with Crippen LogP contribution < -0.4 is 0 Å². The molecule has 17 heavy (non-hydrogen) atoms. The van der Waals surface area contributed by atoms with Crippen LogP contribution in [0.4, 0.5) is 0 Å². The van der Waals surface area contributed by atoms with Gasteiger partial charge in [0.25, 0.3) is 0 Å². The van der Waals surface area contributed by atoms with Crippen molar-refractivity contribution in [1.29, 1.82) is 0 Å². The molecule has 0 radical (unpaired) electrons. The fourth-order valence-corrected chi connectivity index (χ4v) is 3.71. The summed E-state index contributed by atoms with van der Waals surface area (Å²) in [5.74, 6) is 1.33. The van der Waals surface area contributed by atoms with E-state index in [1.165, 1.54) is 38.8 Å². The Kier molecular flexibility index (Phi) is 4.14. The highest BCUT2D eigenvalue weighted by molar-refractivity contribution is 4.85. The molecule has 2 fully saturated rings. The lowest BCUT2D eigenvalue weighted by atomic mass is 9.79. The molecule has 1 saturated heterocycles. The van der Waals surface area contributed by atoms with Gasteiger partial charge in [0.2, 0.25) is 0 Å². The normalized spacial score (nSPS) is 39.2. The van der Waals surface area contributed by atoms with E-state index in [1.807, 2.05) is 0 Å². The second-order valence-electron chi connectivity index (χ2n) is 7.25. The SMILES string of the molecule is CC1CCC(O)C(CN2CCCC(C)(C)C2)C1. The zero-order chi connectivity index (χ0) is 12.5. The van der Waals surface area contributed by atoms with Gasteiger partial charge in [-0.25, -0.2) is 0 Å². The van der Waals surface area contributed by atoms with E-state index in [2.05, 4.69) is 25.7 Å². The average molecular weight is 239 g/mol. The highest BCUT2D eigenvalue weighted by atomic mass is 16.3. The molecule has 2 rings (SSSR count). The molecule has 3 unspecified atom stereocenters. The second kappa shape index (κ2) is 5.27. The molecule has 0 spiro atoms. The van der Waals surface area contributed by atoms with Gasteiger partial charge >= 0.3 is 0 Å². The number of likely N-dealkylation sites (tertiary alicyclic amines) is 1. The zero-order valence-corrected chi connectivity index (χ0v) is 11.8. The molecule has 0 aromatic carbocycles. The van der Waals surface area contributed by atoms with Crippen LogP contribution in [0.15, 0.2) is 0 Å². The van der Waals surface area contributed by atoms with Gasteiger partial charge in [0.1, 0.15) is 0 Å². The Morgan fingerprint density at radius 1 is 1.29 bits per heavy atom. The second-order valence-corrected chi connectivity index (χ2v) is 7.25. The Morgan fingerprint density at radius 3 is 2.76 bits per heavy atom. The molecule has 0 amide bonds. The van der Waals surface area contributed by atoms with Gasteiger partial charge in [-0.05, 0) is 55.9 Å². The van der Waals surface area contributed by atoms with Crippen molar-refractivity contribution >= 4 is 0 Å². The first-order chi connectivity index (χ1) is 7.96. The van der Waals surface area contributed by atoms with Crippen LogP contribution in [0.1, 0.15) is 52.9 Å². The van der Waals surface area contributed by atoms with Gasteiger partial charge in [-0.2, -0.15) is 0 Å². The fraction of sp³-hybridized carbons (Fsp3) is 1.00. The van der Waals surface area contributed by atoms with E-state index in [-0.39, 0.29) is 6.10 Å². The van der Waals surface area contributed by atoms with Gasteiger partial charge in [-0.1, -0.05) is 20.8 Å². The highest BCUT2D eigenvalue weighted by Gasteiger charge is 2.32. The maximum atomic E-state index is 10.1. The summed E-state index contributed by atoms with van der Waals surface area (Å²) in [5.41, 5.74) is 0.476. The predicted molar refractivity (Wildman–Crippen MR) is 72.0 cm³/mol. The van der Waals surface area contributed by atoms with Crippen molar-refractivity contribution in [3.63, 3.8) is 0 Å². The van der Waals surface area contributed by atoms with Crippen LogP contribution in [0, 0.1) is 17.3 Å². The summed E-state index contributed by atoms with van der Waals surface area (Å²) in [7, 11) is 0. The van der Waals surface area contributed by atoms with Gasteiger partial charge in [0, 0.05) is 13.1 Å². The third-order valence-corrected chi connectivity index (χ3v) is 4.68. The van der Waals surface area contributed by atoms with E-state index in [4.69, 9.17) is 0 Å². The molecule has 100 valence electrons. The van der Waals surface area contributed by atoms with Crippen LogP contribution in [0.5, 0.6) is 0 Å². The number of nitrogens with zero attached hydrogens (tertiary/aromatic N) is 1.